The molecule has 0 aliphatic rings. The molecule has 18 heavy (non-hydrogen) atoms. The Morgan fingerprint density at radius 3 is 2.28 bits per heavy atom. The van der Waals surface area contributed by atoms with E-state index >= 15 is 0 Å². The van der Waals surface area contributed by atoms with Gasteiger partial charge < -0.3 is 10.6 Å². The molecule has 0 rings (SSSR count). The highest BCUT2D eigenvalue weighted by atomic mass is 19.1. The SMILES string of the molecule is C=C(F)/C(OC)=C(\C=C/C)C(=N)/C=N\N.CCC. The summed E-state index contributed by atoms with van der Waals surface area (Å²) in [5.74, 6) is 4.06. The van der Waals surface area contributed by atoms with E-state index in [2.05, 4.69) is 25.5 Å². The van der Waals surface area contributed by atoms with Crippen LogP contribution < -0.4 is 5.84 Å². The van der Waals surface area contributed by atoms with Crippen LogP contribution in [0.15, 0.2) is 41.0 Å². The molecule has 0 aliphatic heterocycles. The smallest absolute Gasteiger partial charge is 0.163 e. The molecule has 0 amide bonds. The second kappa shape index (κ2) is 11.6. The number of nitrogens with zero attached hydrogens (tertiary/aromatic N) is 1. The molecule has 0 aliphatic carbocycles. The Balaban J connectivity index is 0. The monoisotopic (exact) mass is 255 g/mol. The zero-order chi connectivity index (χ0) is 14.6. The normalized spacial score (nSPS) is 11.8. The standard InChI is InChI=1S/C10H14FN3O.C3H8/c1-4-5-8(9(12)6-14-13)10(15-3)7(2)11;1-3-2/h4-6,12H,2,13H2,1,3H3;3H2,1-2H3/b5-4-,10-8-,12-9?,14-6-;. The summed E-state index contributed by atoms with van der Waals surface area (Å²) in [4.78, 5) is 0. The molecule has 0 heterocycles. The third kappa shape index (κ3) is 7.38. The molecule has 0 aromatic carbocycles. The van der Waals surface area contributed by atoms with Gasteiger partial charge in [0.25, 0.3) is 0 Å². The highest BCUT2D eigenvalue weighted by Crippen LogP contribution is 2.17. The Bertz CT molecular complexity index is 357. The highest BCUT2D eigenvalue weighted by molar-refractivity contribution is 6.37. The van der Waals surface area contributed by atoms with E-state index in [0.717, 1.165) is 6.21 Å². The fraction of sp³-hybridized carbons (Fsp3) is 0.385. The second-order valence-corrected chi connectivity index (χ2v) is 3.25. The molecule has 0 aromatic rings. The Hall–Kier alpha value is -1.91. The Labute approximate surface area is 108 Å². The molecule has 0 bridgehead atoms. The van der Waals surface area contributed by atoms with E-state index in [1.54, 1.807) is 13.0 Å². The van der Waals surface area contributed by atoms with E-state index in [0.29, 0.717) is 0 Å². The van der Waals surface area contributed by atoms with Crippen LogP contribution in [0.3, 0.4) is 0 Å². The maximum absolute atomic E-state index is 13.0. The lowest BCUT2D eigenvalue weighted by Gasteiger charge is -2.07. The summed E-state index contributed by atoms with van der Waals surface area (Å²) < 4.78 is 17.8. The van der Waals surface area contributed by atoms with E-state index in [9.17, 15) is 4.39 Å². The fourth-order valence-corrected chi connectivity index (χ4v) is 0.965. The van der Waals surface area contributed by atoms with Gasteiger partial charge in [0, 0.05) is 5.57 Å². The molecule has 102 valence electrons. The van der Waals surface area contributed by atoms with Gasteiger partial charge in [-0.1, -0.05) is 39.0 Å². The average Bonchev–Trinajstić information content (AvgIpc) is 2.29. The van der Waals surface area contributed by atoms with E-state index in [4.69, 9.17) is 16.0 Å². The van der Waals surface area contributed by atoms with Crippen molar-refractivity contribution < 1.29 is 9.13 Å². The van der Waals surface area contributed by atoms with Crippen LogP contribution in [0.1, 0.15) is 27.2 Å². The quantitative estimate of drug-likeness (QED) is 0.260. The lowest BCUT2D eigenvalue weighted by atomic mass is 10.1. The van der Waals surface area contributed by atoms with Crippen molar-refractivity contribution in [2.24, 2.45) is 10.9 Å². The number of ether oxygens (including phenoxy) is 1. The van der Waals surface area contributed by atoms with Gasteiger partial charge in [0.2, 0.25) is 0 Å². The summed E-state index contributed by atoms with van der Waals surface area (Å²) in [6.07, 6.45) is 5.51. The van der Waals surface area contributed by atoms with Crippen molar-refractivity contribution in [3.63, 3.8) is 0 Å². The van der Waals surface area contributed by atoms with Crippen LogP contribution >= 0.6 is 0 Å². The third-order valence-corrected chi connectivity index (χ3v) is 1.52. The van der Waals surface area contributed by atoms with E-state index in [1.807, 2.05) is 0 Å². The first kappa shape index (κ1) is 18.5. The summed E-state index contributed by atoms with van der Waals surface area (Å²) >= 11 is 0. The molecule has 0 atom stereocenters. The molecule has 3 N–H and O–H groups in total. The third-order valence-electron chi connectivity index (χ3n) is 1.52. The number of methoxy groups -OCH3 is 1. The molecular formula is C13H22FN3O. The van der Waals surface area contributed by atoms with Crippen LogP contribution in [0, 0.1) is 5.41 Å². The number of nitrogens with two attached hydrogens (primary N) is 1. The summed E-state index contributed by atoms with van der Waals surface area (Å²) in [6, 6.07) is 0. The van der Waals surface area contributed by atoms with Gasteiger partial charge in [0.15, 0.2) is 11.6 Å². The van der Waals surface area contributed by atoms with Crippen molar-refractivity contribution in [3.8, 4) is 0 Å². The molecule has 0 radical (unpaired) electrons. The minimum absolute atomic E-state index is 0.0498. The number of hydrazone groups is 1. The second-order valence-electron chi connectivity index (χ2n) is 3.25. The van der Waals surface area contributed by atoms with Crippen LogP contribution in [-0.2, 0) is 4.74 Å². The van der Waals surface area contributed by atoms with Gasteiger partial charge in [-0.3, -0.25) is 5.41 Å². The molecule has 0 unspecified atom stereocenters. The zero-order valence-corrected chi connectivity index (χ0v) is 11.5. The van der Waals surface area contributed by atoms with Crippen molar-refractivity contribution in [1.82, 2.24) is 0 Å². The van der Waals surface area contributed by atoms with Gasteiger partial charge >= 0.3 is 0 Å². The first-order valence-electron chi connectivity index (χ1n) is 5.57. The van der Waals surface area contributed by atoms with Gasteiger partial charge in [-0.05, 0) is 6.92 Å². The topological polar surface area (TPSA) is 71.5 Å². The minimum Gasteiger partial charge on any atom is -0.493 e. The molecule has 4 nitrogen and oxygen atoms in total. The van der Waals surface area contributed by atoms with Crippen LogP contribution in [0.4, 0.5) is 4.39 Å². The summed E-state index contributed by atoms with van der Waals surface area (Å²) in [5, 5.41) is 10.7. The molecule has 0 saturated heterocycles. The predicted molar refractivity (Wildman–Crippen MR) is 75.5 cm³/mol. The Morgan fingerprint density at radius 1 is 1.50 bits per heavy atom. The van der Waals surface area contributed by atoms with Crippen molar-refractivity contribution in [1.29, 1.82) is 5.41 Å². The van der Waals surface area contributed by atoms with Crippen molar-refractivity contribution in [3.05, 3.63) is 35.9 Å². The van der Waals surface area contributed by atoms with Crippen LogP contribution in [0.25, 0.3) is 0 Å². The van der Waals surface area contributed by atoms with Crippen molar-refractivity contribution in [2.45, 2.75) is 27.2 Å². The number of halogens is 1. The summed E-state index contributed by atoms with van der Waals surface area (Å²) in [7, 11) is 1.30. The predicted octanol–water partition coefficient (Wildman–Crippen LogP) is 3.33. The Kier molecular flexibility index (Phi) is 11.9. The molecule has 0 saturated carbocycles. The number of hydrogen-bond acceptors (Lipinski definition) is 4. The Morgan fingerprint density at radius 2 is 2.00 bits per heavy atom. The molecule has 0 spiro atoms. The average molecular weight is 255 g/mol. The van der Waals surface area contributed by atoms with Gasteiger partial charge in [-0.2, -0.15) is 5.10 Å². The van der Waals surface area contributed by atoms with Crippen LogP contribution in [-0.4, -0.2) is 19.0 Å². The molecule has 5 heteroatoms. The molecular weight excluding hydrogens is 233 g/mol. The van der Waals surface area contributed by atoms with E-state index in [-0.39, 0.29) is 17.0 Å². The van der Waals surface area contributed by atoms with E-state index < -0.39 is 5.83 Å². The first-order chi connectivity index (χ1) is 8.49. The van der Waals surface area contributed by atoms with Gasteiger partial charge in [-0.25, -0.2) is 4.39 Å². The van der Waals surface area contributed by atoms with E-state index in [1.165, 1.54) is 19.6 Å². The summed E-state index contributed by atoms with van der Waals surface area (Å²) in [6.45, 7) is 9.10. The minimum atomic E-state index is -0.749. The van der Waals surface area contributed by atoms with Crippen LogP contribution in [0.2, 0.25) is 0 Å². The lowest BCUT2D eigenvalue weighted by Crippen LogP contribution is -2.07. The van der Waals surface area contributed by atoms with Crippen LogP contribution in [0.5, 0.6) is 0 Å². The van der Waals surface area contributed by atoms with Gasteiger partial charge in [-0.15, -0.1) is 0 Å². The number of allylic oxidation sites excluding steroid dienone is 4. The number of nitrogens with one attached hydrogen (secondary N) is 1. The van der Waals surface area contributed by atoms with Gasteiger partial charge in [0.1, 0.15) is 0 Å². The molecule has 0 fully saturated rings. The largest absolute Gasteiger partial charge is 0.493 e. The lowest BCUT2D eigenvalue weighted by molar-refractivity contribution is 0.282. The van der Waals surface area contributed by atoms with Gasteiger partial charge in [0.05, 0.1) is 19.0 Å². The first-order valence-corrected chi connectivity index (χ1v) is 5.57. The number of hydrogen-bond donors (Lipinski definition) is 2. The maximum Gasteiger partial charge on any atom is 0.163 e. The highest BCUT2D eigenvalue weighted by Gasteiger charge is 2.11. The van der Waals surface area contributed by atoms with Crippen molar-refractivity contribution in [2.75, 3.05) is 7.11 Å². The summed E-state index contributed by atoms with van der Waals surface area (Å²) in [5.41, 5.74) is 0.188. The fourth-order valence-electron chi connectivity index (χ4n) is 0.965. The zero-order valence-electron chi connectivity index (χ0n) is 11.5. The molecule has 0 aromatic heterocycles. The number of rotatable bonds is 5. The van der Waals surface area contributed by atoms with Crippen molar-refractivity contribution >= 4 is 11.9 Å². The maximum atomic E-state index is 13.0.